The Kier molecular flexibility index (Phi) is 4.79. The minimum Gasteiger partial charge on any atom is -0.343 e. The maximum absolute atomic E-state index is 13.2. The number of carbonyl (C=O) groups is 1. The summed E-state index contributed by atoms with van der Waals surface area (Å²) in [4.78, 5) is 29.6. The van der Waals surface area contributed by atoms with Crippen LogP contribution in [0.5, 0.6) is 0 Å². The average Bonchev–Trinajstić information content (AvgIpc) is 3.02. The van der Waals surface area contributed by atoms with E-state index >= 15 is 0 Å². The Morgan fingerprint density at radius 3 is 2.67 bits per heavy atom. The number of carbonyl (C=O) groups excluding carboxylic acids is 1. The third-order valence-corrected chi connectivity index (χ3v) is 5.32. The Balaban J connectivity index is 1.37. The van der Waals surface area contributed by atoms with Crippen molar-refractivity contribution in [3.63, 3.8) is 0 Å². The zero-order valence-corrected chi connectivity index (χ0v) is 15.0. The van der Waals surface area contributed by atoms with Gasteiger partial charge in [-0.05, 0) is 49.1 Å². The molecule has 4 rings (SSSR count). The van der Waals surface area contributed by atoms with Crippen LogP contribution in [0.2, 0.25) is 0 Å². The van der Waals surface area contributed by atoms with Crippen LogP contribution in [0, 0.1) is 5.82 Å². The summed E-state index contributed by atoms with van der Waals surface area (Å²) in [5.41, 5.74) is 2.50. The number of aryl methyl sites for hydroxylation is 1. The smallest absolute Gasteiger partial charge is 0.326 e. The largest absolute Gasteiger partial charge is 0.343 e. The van der Waals surface area contributed by atoms with E-state index in [1.807, 2.05) is 39.8 Å². The van der Waals surface area contributed by atoms with Gasteiger partial charge in [0.15, 0.2) is 0 Å². The normalized spacial score (nSPS) is 15.4. The number of H-pyrrole nitrogens is 1. The molecule has 3 aromatic rings. The highest BCUT2D eigenvalue weighted by atomic mass is 19.1. The van der Waals surface area contributed by atoms with Crippen LogP contribution in [0.3, 0.4) is 0 Å². The number of nitrogens with zero attached hydrogens (tertiary/aromatic N) is 2. The summed E-state index contributed by atoms with van der Waals surface area (Å²) in [6.45, 7) is 1.27. The van der Waals surface area contributed by atoms with Crippen molar-refractivity contribution < 1.29 is 9.18 Å². The molecule has 27 heavy (non-hydrogen) atoms. The highest BCUT2D eigenvalue weighted by Crippen LogP contribution is 2.25. The van der Waals surface area contributed by atoms with Crippen LogP contribution in [0.15, 0.2) is 53.3 Å². The molecule has 1 aliphatic heterocycles. The van der Waals surface area contributed by atoms with E-state index in [-0.39, 0.29) is 23.5 Å². The maximum Gasteiger partial charge on any atom is 0.326 e. The molecule has 1 saturated heterocycles. The molecule has 1 fully saturated rings. The number of para-hydroxylation sites is 2. The van der Waals surface area contributed by atoms with E-state index in [2.05, 4.69) is 4.98 Å². The highest BCUT2D eigenvalue weighted by molar-refractivity contribution is 5.77. The van der Waals surface area contributed by atoms with Crippen molar-refractivity contribution in [2.75, 3.05) is 13.1 Å². The van der Waals surface area contributed by atoms with Crippen molar-refractivity contribution in [2.45, 2.75) is 31.7 Å². The number of imidazole rings is 1. The molecule has 0 spiro atoms. The van der Waals surface area contributed by atoms with Crippen molar-refractivity contribution >= 4 is 16.9 Å². The van der Waals surface area contributed by atoms with E-state index in [0.717, 1.165) is 29.4 Å². The van der Waals surface area contributed by atoms with Gasteiger partial charge >= 0.3 is 5.69 Å². The molecule has 5 nitrogen and oxygen atoms in total. The van der Waals surface area contributed by atoms with Crippen LogP contribution in [-0.2, 0) is 11.2 Å². The fourth-order valence-electron chi connectivity index (χ4n) is 3.91. The third-order valence-electron chi connectivity index (χ3n) is 5.32. The van der Waals surface area contributed by atoms with Crippen molar-refractivity contribution in [1.29, 1.82) is 0 Å². The van der Waals surface area contributed by atoms with Crippen LogP contribution in [-0.4, -0.2) is 33.4 Å². The van der Waals surface area contributed by atoms with E-state index in [9.17, 15) is 14.0 Å². The van der Waals surface area contributed by atoms with Crippen molar-refractivity contribution in [3.05, 3.63) is 70.4 Å². The number of likely N-dealkylation sites (tertiary alicyclic amines) is 1. The van der Waals surface area contributed by atoms with Crippen LogP contribution < -0.4 is 5.69 Å². The van der Waals surface area contributed by atoms with Gasteiger partial charge in [0, 0.05) is 25.6 Å². The standard InChI is InChI=1S/C21H22FN3O2/c22-16-5-3-4-15(14-16)8-9-20(26)24-12-10-17(11-13-24)25-19-7-2-1-6-18(19)23-21(25)27/h1-7,14,17H,8-13H2,(H,23,27). The van der Waals surface area contributed by atoms with Gasteiger partial charge in [0.1, 0.15) is 5.82 Å². The van der Waals surface area contributed by atoms with E-state index in [0.29, 0.717) is 25.9 Å². The van der Waals surface area contributed by atoms with Crippen LogP contribution >= 0.6 is 0 Å². The predicted molar refractivity (Wildman–Crippen MR) is 102 cm³/mol. The molecule has 0 radical (unpaired) electrons. The van der Waals surface area contributed by atoms with Gasteiger partial charge in [0.05, 0.1) is 11.0 Å². The molecule has 1 aliphatic rings. The monoisotopic (exact) mass is 367 g/mol. The summed E-state index contributed by atoms with van der Waals surface area (Å²) in [7, 11) is 0. The first-order chi connectivity index (χ1) is 13.1. The topological polar surface area (TPSA) is 58.1 Å². The zero-order valence-electron chi connectivity index (χ0n) is 15.0. The Morgan fingerprint density at radius 1 is 1.11 bits per heavy atom. The number of piperidine rings is 1. The van der Waals surface area contributed by atoms with E-state index in [4.69, 9.17) is 0 Å². The van der Waals surface area contributed by atoms with Gasteiger partial charge in [0.25, 0.3) is 0 Å². The summed E-state index contributed by atoms with van der Waals surface area (Å²) >= 11 is 0. The number of hydrogen-bond acceptors (Lipinski definition) is 2. The Bertz CT molecular complexity index is 1020. The maximum atomic E-state index is 13.2. The Hall–Kier alpha value is -2.89. The highest BCUT2D eigenvalue weighted by Gasteiger charge is 2.25. The first kappa shape index (κ1) is 17.5. The van der Waals surface area contributed by atoms with Gasteiger partial charge in [0.2, 0.25) is 5.91 Å². The molecule has 0 aliphatic carbocycles. The molecule has 0 unspecified atom stereocenters. The number of rotatable bonds is 4. The molecular formula is C21H22FN3O2. The van der Waals surface area contributed by atoms with Gasteiger partial charge < -0.3 is 9.88 Å². The first-order valence-corrected chi connectivity index (χ1v) is 9.33. The summed E-state index contributed by atoms with van der Waals surface area (Å²) in [6.07, 6.45) is 2.43. The fraction of sp³-hybridized carbons (Fsp3) is 0.333. The fourth-order valence-corrected chi connectivity index (χ4v) is 3.91. The molecule has 0 bridgehead atoms. The van der Waals surface area contributed by atoms with Crippen LogP contribution in [0.1, 0.15) is 30.9 Å². The molecule has 140 valence electrons. The van der Waals surface area contributed by atoms with Gasteiger partial charge in [-0.25, -0.2) is 9.18 Å². The second-order valence-electron chi connectivity index (χ2n) is 7.06. The molecule has 1 amide bonds. The summed E-state index contributed by atoms with van der Waals surface area (Å²) in [5.74, 6) is -0.186. The lowest BCUT2D eigenvalue weighted by atomic mass is 10.0. The number of halogens is 1. The number of aromatic nitrogens is 2. The first-order valence-electron chi connectivity index (χ1n) is 9.33. The molecule has 2 aromatic carbocycles. The minimum atomic E-state index is -0.273. The van der Waals surface area contributed by atoms with Crippen molar-refractivity contribution in [2.24, 2.45) is 0 Å². The lowest BCUT2D eigenvalue weighted by Gasteiger charge is -2.32. The van der Waals surface area contributed by atoms with Gasteiger partial charge in [-0.1, -0.05) is 24.3 Å². The van der Waals surface area contributed by atoms with Gasteiger partial charge in [-0.15, -0.1) is 0 Å². The number of benzene rings is 2. The molecule has 0 atom stereocenters. The second kappa shape index (κ2) is 7.39. The molecule has 1 N–H and O–H groups in total. The van der Waals surface area contributed by atoms with Crippen LogP contribution in [0.4, 0.5) is 4.39 Å². The SMILES string of the molecule is O=C(CCc1cccc(F)c1)N1CCC(n2c(=O)[nH]c3ccccc32)CC1. The zero-order chi connectivity index (χ0) is 18.8. The summed E-state index contributed by atoms with van der Waals surface area (Å²) < 4.78 is 15.1. The Morgan fingerprint density at radius 2 is 1.89 bits per heavy atom. The number of aromatic amines is 1. The second-order valence-corrected chi connectivity index (χ2v) is 7.06. The molecule has 2 heterocycles. The summed E-state index contributed by atoms with van der Waals surface area (Å²) in [5, 5.41) is 0. The number of fused-ring (bicyclic) bond motifs is 1. The lowest BCUT2D eigenvalue weighted by molar-refractivity contribution is -0.132. The van der Waals surface area contributed by atoms with Crippen molar-refractivity contribution in [3.8, 4) is 0 Å². The third kappa shape index (κ3) is 3.65. The van der Waals surface area contributed by atoms with Crippen LogP contribution in [0.25, 0.3) is 11.0 Å². The van der Waals surface area contributed by atoms with Crippen molar-refractivity contribution in [1.82, 2.24) is 14.5 Å². The lowest BCUT2D eigenvalue weighted by Crippen LogP contribution is -2.40. The molecular weight excluding hydrogens is 345 g/mol. The van der Waals surface area contributed by atoms with Gasteiger partial charge in [-0.3, -0.25) is 9.36 Å². The number of hydrogen-bond donors (Lipinski definition) is 1. The number of amides is 1. The molecule has 1 aromatic heterocycles. The van der Waals surface area contributed by atoms with E-state index < -0.39 is 0 Å². The average molecular weight is 367 g/mol. The Labute approximate surface area is 156 Å². The predicted octanol–water partition coefficient (Wildman–Crippen LogP) is 3.27. The van der Waals surface area contributed by atoms with Gasteiger partial charge in [-0.2, -0.15) is 0 Å². The quantitative estimate of drug-likeness (QED) is 0.769. The molecule has 0 saturated carbocycles. The minimum absolute atomic E-state index is 0.0870. The molecule has 6 heteroatoms. The summed E-state index contributed by atoms with van der Waals surface area (Å²) in [6, 6.07) is 14.2. The van der Waals surface area contributed by atoms with E-state index in [1.165, 1.54) is 12.1 Å². The number of nitrogens with one attached hydrogen (secondary N) is 1. The van der Waals surface area contributed by atoms with E-state index in [1.54, 1.807) is 6.07 Å².